The number of carbonyl (C=O) groups excluding carboxylic acids is 2. The van der Waals surface area contributed by atoms with E-state index in [4.69, 9.17) is 14.2 Å². The predicted octanol–water partition coefficient (Wildman–Crippen LogP) is 4.49. The lowest BCUT2D eigenvalue weighted by atomic mass is 10.1. The number of hydrogen-bond acceptors (Lipinski definition) is 7. The van der Waals surface area contributed by atoms with Crippen LogP contribution in [0.1, 0.15) is 40.2 Å². The molecule has 30 heavy (non-hydrogen) atoms. The van der Waals surface area contributed by atoms with Gasteiger partial charge in [0, 0.05) is 4.88 Å². The van der Waals surface area contributed by atoms with Crippen LogP contribution in [0.3, 0.4) is 0 Å². The number of nitrogens with one attached hydrogen (secondary N) is 1. The number of anilines is 1. The average molecular weight is 429 g/mol. The minimum absolute atomic E-state index is 0.0255. The molecule has 1 aromatic carbocycles. The van der Waals surface area contributed by atoms with E-state index in [9.17, 15) is 14.9 Å². The number of aryl methyl sites for hydroxylation is 1. The van der Waals surface area contributed by atoms with Gasteiger partial charge in [0.05, 0.1) is 25.9 Å². The Morgan fingerprint density at radius 3 is 2.47 bits per heavy atom. The first kappa shape index (κ1) is 23.0. The first-order valence-electron chi connectivity index (χ1n) is 9.17. The summed E-state index contributed by atoms with van der Waals surface area (Å²) in [4.78, 5) is 25.7. The number of thiophene rings is 1. The number of nitrogens with zero attached hydrogens (tertiary/aromatic N) is 1. The van der Waals surface area contributed by atoms with Crippen molar-refractivity contribution in [2.45, 2.75) is 33.8 Å². The molecular weight excluding hydrogens is 404 g/mol. The van der Waals surface area contributed by atoms with Crippen molar-refractivity contribution in [2.24, 2.45) is 0 Å². The molecule has 0 fully saturated rings. The lowest BCUT2D eigenvalue weighted by molar-refractivity contribution is -0.112. The number of methoxy groups -OCH3 is 2. The Labute approximate surface area is 179 Å². The molecule has 2 aromatic rings. The zero-order chi connectivity index (χ0) is 22.4. The number of ether oxygens (including phenoxy) is 3. The van der Waals surface area contributed by atoms with E-state index in [1.54, 1.807) is 25.1 Å². The maximum Gasteiger partial charge on any atom is 0.341 e. The van der Waals surface area contributed by atoms with Gasteiger partial charge >= 0.3 is 5.97 Å². The molecule has 0 saturated carbocycles. The number of amides is 1. The van der Waals surface area contributed by atoms with Gasteiger partial charge in [-0.25, -0.2) is 4.79 Å². The van der Waals surface area contributed by atoms with Crippen LogP contribution in [-0.2, 0) is 9.53 Å². The molecule has 7 nitrogen and oxygen atoms in total. The third-order valence-corrected chi connectivity index (χ3v) is 5.35. The van der Waals surface area contributed by atoms with Crippen molar-refractivity contribution in [3.8, 4) is 17.6 Å². The Bertz CT molecular complexity index is 1030. The first-order valence-corrected chi connectivity index (χ1v) is 9.99. The van der Waals surface area contributed by atoms with Gasteiger partial charge in [0.25, 0.3) is 5.91 Å². The van der Waals surface area contributed by atoms with Crippen LogP contribution >= 0.6 is 11.3 Å². The molecule has 0 bridgehead atoms. The molecule has 1 N–H and O–H groups in total. The second kappa shape index (κ2) is 9.94. The second-order valence-corrected chi connectivity index (χ2v) is 7.90. The van der Waals surface area contributed by atoms with Crippen LogP contribution < -0.4 is 14.8 Å². The van der Waals surface area contributed by atoms with Crippen molar-refractivity contribution in [1.29, 1.82) is 5.26 Å². The van der Waals surface area contributed by atoms with Gasteiger partial charge in [0.1, 0.15) is 16.6 Å². The molecule has 2 rings (SSSR count). The normalized spacial score (nSPS) is 11.1. The zero-order valence-electron chi connectivity index (χ0n) is 17.8. The molecule has 8 heteroatoms. The van der Waals surface area contributed by atoms with Gasteiger partial charge in [-0.3, -0.25) is 4.79 Å². The number of nitriles is 1. The summed E-state index contributed by atoms with van der Waals surface area (Å²) in [6.45, 7) is 7.43. The fourth-order valence-electron chi connectivity index (χ4n) is 2.67. The summed E-state index contributed by atoms with van der Waals surface area (Å²) in [6.07, 6.45) is 1.42. The van der Waals surface area contributed by atoms with E-state index in [-0.39, 0.29) is 11.7 Å². The number of carbonyl (C=O) groups is 2. The SMILES string of the molecule is COC(=O)c1c(NC(=O)C(C#N)=Cc2ccc(OC(C)C)c(OC)c2)sc(C)c1C. The Morgan fingerprint density at radius 1 is 1.20 bits per heavy atom. The fraction of sp³-hybridized carbons (Fsp3) is 0.318. The van der Waals surface area contributed by atoms with Gasteiger partial charge in [0.15, 0.2) is 11.5 Å². The fourth-order valence-corrected chi connectivity index (χ4v) is 3.72. The van der Waals surface area contributed by atoms with Crippen molar-refractivity contribution in [3.63, 3.8) is 0 Å². The van der Waals surface area contributed by atoms with Crippen molar-refractivity contribution in [2.75, 3.05) is 19.5 Å². The maximum atomic E-state index is 12.7. The summed E-state index contributed by atoms with van der Waals surface area (Å²) in [6, 6.07) is 7.03. The van der Waals surface area contributed by atoms with Gasteiger partial charge in [-0.15, -0.1) is 11.3 Å². The molecule has 0 atom stereocenters. The van der Waals surface area contributed by atoms with Crippen LogP contribution in [0.15, 0.2) is 23.8 Å². The van der Waals surface area contributed by atoms with Crippen molar-refractivity contribution >= 4 is 34.3 Å². The van der Waals surface area contributed by atoms with Crippen LogP contribution in [0, 0.1) is 25.2 Å². The second-order valence-electron chi connectivity index (χ2n) is 6.68. The zero-order valence-corrected chi connectivity index (χ0v) is 18.6. The molecule has 1 amide bonds. The highest BCUT2D eigenvalue weighted by Crippen LogP contribution is 2.33. The summed E-state index contributed by atoms with van der Waals surface area (Å²) < 4.78 is 15.8. The number of esters is 1. The smallest absolute Gasteiger partial charge is 0.341 e. The standard InChI is InChI=1S/C22H24N2O5S/c1-12(2)29-17-8-7-15(10-18(17)27-5)9-16(11-23)20(25)24-21-19(22(26)28-6)13(3)14(4)30-21/h7-10,12H,1-6H3,(H,24,25). The van der Waals surface area contributed by atoms with Crippen molar-refractivity contribution < 1.29 is 23.8 Å². The topological polar surface area (TPSA) is 97.7 Å². The molecule has 0 radical (unpaired) electrons. The van der Waals surface area contributed by atoms with E-state index in [0.29, 0.717) is 27.6 Å². The number of benzene rings is 1. The van der Waals surface area contributed by atoms with E-state index in [0.717, 1.165) is 10.4 Å². The highest BCUT2D eigenvalue weighted by molar-refractivity contribution is 7.16. The van der Waals surface area contributed by atoms with Crippen molar-refractivity contribution in [1.82, 2.24) is 0 Å². The van der Waals surface area contributed by atoms with Gasteiger partial charge in [-0.1, -0.05) is 6.07 Å². The van der Waals surface area contributed by atoms with Gasteiger partial charge in [-0.05, 0) is 57.0 Å². The Kier molecular flexibility index (Phi) is 7.61. The molecule has 0 unspecified atom stereocenters. The number of hydrogen-bond donors (Lipinski definition) is 1. The molecular formula is C22H24N2O5S. The third-order valence-electron chi connectivity index (χ3n) is 4.23. The van der Waals surface area contributed by atoms with Crippen LogP contribution in [0.2, 0.25) is 0 Å². The summed E-state index contributed by atoms with van der Waals surface area (Å²) in [5, 5.41) is 12.5. The predicted molar refractivity (Wildman–Crippen MR) is 116 cm³/mol. The van der Waals surface area contributed by atoms with E-state index < -0.39 is 11.9 Å². The third kappa shape index (κ3) is 5.19. The van der Waals surface area contributed by atoms with E-state index in [1.807, 2.05) is 26.8 Å². The minimum Gasteiger partial charge on any atom is -0.493 e. The monoisotopic (exact) mass is 428 g/mol. The molecule has 1 aromatic heterocycles. The summed E-state index contributed by atoms with van der Waals surface area (Å²) in [5.41, 5.74) is 1.51. The van der Waals surface area contributed by atoms with E-state index in [2.05, 4.69) is 5.32 Å². The Morgan fingerprint density at radius 2 is 1.90 bits per heavy atom. The molecule has 1 heterocycles. The molecule has 0 aliphatic rings. The van der Waals surface area contributed by atoms with E-state index >= 15 is 0 Å². The summed E-state index contributed by atoms with van der Waals surface area (Å²) >= 11 is 1.25. The largest absolute Gasteiger partial charge is 0.493 e. The molecule has 158 valence electrons. The van der Waals surface area contributed by atoms with Crippen molar-refractivity contribution in [3.05, 3.63) is 45.3 Å². The summed E-state index contributed by atoms with van der Waals surface area (Å²) in [7, 11) is 2.80. The average Bonchev–Trinajstić information content (AvgIpc) is 2.99. The van der Waals surface area contributed by atoms with Crippen LogP contribution in [0.25, 0.3) is 6.08 Å². The van der Waals surface area contributed by atoms with Gasteiger partial charge < -0.3 is 19.5 Å². The van der Waals surface area contributed by atoms with Gasteiger partial charge in [0.2, 0.25) is 0 Å². The quantitative estimate of drug-likeness (QED) is 0.396. The Hall–Kier alpha value is -3.31. The molecule has 0 aliphatic heterocycles. The lowest BCUT2D eigenvalue weighted by Crippen LogP contribution is -2.15. The maximum absolute atomic E-state index is 12.7. The van der Waals surface area contributed by atoms with Crippen LogP contribution in [0.4, 0.5) is 5.00 Å². The van der Waals surface area contributed by atoms with Gasteiger partial charge in [-0.2, -0.15) is 5.26 Å². The minimum atomic E-state index is -0.620. The van der Waals surface area contributed by atoms with Crippen LogP contribution in [0.5, 0.6) is 11.5 Å². The molecule has 0 spiro atoms. The van der Waals surface area contributed by atoms with E-state index in [1.165, 1.54) is 31.6 Å². The summed E-state index contributed by atoms with van der Waals surface area (Å²) in [5.74, 6) is -0.0991. The van der Waals surface area contributed by atoms with Crippen LogP contribution in [-0.4, -0.2) is 32.2 Å². The highest BCUT2D eigenvalue weighted by atomic mass is 32.1. The first-order chi connectivity index (χ1) is 14.2. The lowest BCUT2D eigenvalue weighted by Gasteiger charge is -2.13. The molecule has 0 aliphatic carbocycles. The number of rotatable bonds is 7. The highest BCUT2D eigenvalue weighted by Gasteiger charge is 2.22. The molecule has 0 saturated heterocycles. The Balaban J connectivity index is 2.34.